The van der Waals surface area contributed by atoms with E-state index in [1.165, 1.54) is 4.57 Å². The van der Waals surface area contributed by atoms with Crippen molar-refractivity contribution >= 4 is 16.9 Å². The summed E-state index contributed by atoms with van der Waals surface area (Å²) in [6, 6.07) is 11.6. The Bertz CT molecular complexity index is 1560. The third kappa shape index (κ3) is 3.96. The Hall–Kier alpha value is -4.01. The second kappa shape index (κ2) is 8.65. The van der Waals surface area contributed by atoms with E-state index in [0.29, 0.717) is 13.1 Å². The van der Waals surface area contributed by atoms with Gasteiger partial charge >= 0.3 is 5.69 Å². The molecule has 3 heterocycles. The summed E-state index contributed by atoms with van der Waals surface area (Å²) in [5.74, 6) is -0.0399. The molecular formula is C26H28N6O3. The van der Waals surface area contributed by atoms with Crippen LogP contribution in [-0.2, 0) is 13.1 Å². The number of fused-ring (bicyclic) bond motifs is 1. The summed E-state index contributed by atoms with van der Waals surface area (Å²) in [6.45, 7) is 6.40. The number of aryl methyl sites for hydroxylation is 2. The Morgan fingerprint density at radius 2 is 1.89 bits per heavy atom. The van der Waals surface area contributed by atoms with Crippen molar-refractivity contribution in [3.05, 3.63) is 85.4 Å². The van der Waals surface area contributed by atoms with Crippen molar-refractivity contribution in [1.29, 1.82) is 0 Å². The summed E-state index contributed by atoms with van der Waals surface area (Å²) in [7, 11) is 1.72. The van der Waals surface area contributed by atoms with E-state index in [1.54, 1.807) is 18.0 Å². The molecular weight excluding hydrogens is 444 g/mol. The number of H-pyrrole nitrogens is 1. The van der Waals surface area contributed by atoms with E-state index in [-0.39, 0.29) is 28.4 Å². The molecule has 35 heavy (non-hydrogen) atoms. The minimum absolute atomic E-state index is 0.154. The highest BCUT2D eigenvalue weighted by Crippen LogP contribution is 2.40. The van der Waals surface area contributed by atoms with Crippen LogP contribution in [0.4, 0.5) is 0 Å². The Morgan fingerprint density at radius 3 is 2.54 bits per heavy atom. The number of carbonyl (C=O) groups excluding carboxylic acids is 1. The molecule has 1 N–H and O–H groups in total. The third-order valence-electron chi connectivity index (χ3n) is 6.69. The van der Waals surface area contributed by atoms with E-state index in [9.17, 15) is 14.4 Å². The van der Waals surface area contributed by atoms with Gasteiger partial charge in [0.15, 0.2) is 5.65 Å². The summed E-state index contributed by atoms with van der Waals surface area (Å²) in [5.41, 5.74) is 3.87. The van der Waals surface area contributed by atoms with Crippen LogP contribution in [0.15, 0.2) is 46.0 Å². The summed E-state index contributed by atoms with van der Waals surface area (Å²) in [5, 5.41) is 4.84. The van der Waals surface area contributed by atoms with Gasteiger partial charge in [-0.1, -0.05) is 18.2 Å². The van der Waals surface area contributed by atoms with Crippen molar-refractivity contribution < 1.29 is 4.79 Å². The number of pyridine rings is 1. The number of hydrogen-bond donors (Lipinski definition) is 1. The molecule has 0 unspecified atom stereocenters. The lowest BCUT2D eigenvalue weighted by atomic mass is 10.1. The first kappa shape index (κ1) is 22.8. The lowest BCUT2D eigenvalue weighted by molar-refractivity contribution is 0.0786. The quantitative estimate of drug-likeness (QED) is 0.464. The Morgan fingerprint density at radius 1 is 1.17 bits per heavy atom. The fraction of sp³-hybridized carbons (Fsp3) is 0.346. The van der Waals surface area contributed by atoms with Crippen molar-refractivity contribution in [2.24, 2.45) is 0 Å². The molecule has 0 radical (unpaired) electrons. The van der Waals surface area contributed by atoms with Gasteiger partial charge in [0, 0.05) is 43.0 Å². The van der Waals surface area contributed by atoms with Crippen molar-refractivity contribution in [2.45, 2.75) is 52.6 Å². The Labute approximate surface area is 202 Å². The van der Waals surface area contributed by atoms with Crippen LogP contribution >= 0.6 is 0 Å². The van der Waals surface area contributed by atoms with Gasteiger partial charge in [-0.2, -0.15) is 5.10 Å². The summed E-state index contributed by atoms with van der Waals surface area (Å²) < 4.78 is 3.29. The maximum absolute atomic E-state index is 13.7. The molecule has 0 atom stereocenters. The molecule has 1 saturated carbocycles. The molecule has 180 valence electrons. The smallest absolute Gasteiger partial charge is 0.329 e. The van der Waals surface area contributed by atoms with Crippen LogP contribution in [0.1, 0.15) is 58.7 Å². The van der Waals surface area contributed by atoms with Crippen LogP contribution in [0, 0.1) is 13.8 Å². The van der Waals surface area contributed by atoms with E-state index >= 15 is 0 Å². The molecule has 0 aliphatic heterocycles. The number of hydrogen-bond acceptors (Lipinski definition) is 5. The van der Waals surface area contributed by atoms with E-state index in [2.05, 4.69) is 15.1 Å². The molecule has 1 amide bonds. The molecule has 1 aromatic carbocycles. The highest BCUT2D eigenvalue weighted by atomic mass is 16.2. The van der Waals surface area contributed by atoms with Crippen LogP contribution in [0.25, 0.3) is 16.7 Å². The first-order valence-corrected chi connectivity index (χ1v) is 11.8. The topological polar surface area (TPSA) is 106 Å². The highest BCUT2D eigenvalue weighted by Gasteiger charge is 2.29. The van der Waals surface area contributed by atoms with Gasteiger partial charge in [-0.05, 0) is 51.8 Å². The van der Waals surface area contributed by atoms with Crippen molar-refractivity contribution in [2.75, 3.05) is 7.05 Å². The van der Waals surface area contributed by atoms with Crippen molar-refractivity contribution in [1.82, 2.24) is 29.2 Å². The number of nitrogens with one attached hydrogen (secondary N) is 1. The number of para-hydroxylation sites is 1. The number of benzene rings is 1. The fourth-order valence-corrected chi connectivity index (χ4v) is 4.58. The van der Waals surface area contributed by atoms with Gasteiger partial charge in [0.2, 0.25) is 0 Å². The monoisotopic (exact) mass is 472 g/mol. The second-order valence-electron chi connectivity index (χ2n) is 9.13. The lowest BCUT2D eigenvalue weighted by Crippen LogP contribution is -2.33. The molecule has 1 aliphatic carbocycles. The minimum atomic E-state index is -0.592. The molecule has 0 saturated heterocycles. The van der Waals surface area contributed by atoms with Gasteiger partial charge in [-0.15, -0.1) is 0 Å². The number of aromatic nitrogens is 5. The Kier molecular flexibility index (Phi) is 5.62. The van der Waals surface area contributed by atoms with Gasteiger partial charge in [-0.25, -0.2) is 14.5 Å². The Balaban J connectivity index is 1.57. The fourth-order valence-electron chi connectivity index (χ4n) is 4.58. The standard InChI is InChI=1S/C26H28N6O3/c1-5-31-23-22(24(33)28-26(31)35)19(13-21(27-23)17-11-12-17)25(34)30(4)14-20-15(2)29-32(16(20)3)18-9-7-6-8-10-18/h6-10,13,17H,5,11-12,14H2,1-4H3,(H,28,33,35). The molecule has 1 fully saturated rings. The van der Waals surface area contributed by atoms with Crippen molar-refractivity contribution in [3.8, 4) is 5.69 Å². The molecule has 5 rings (SSSR count). The largest absolute Gasteiger partial charge is 0.337 e. The number of carbonyl (C=O) groups is 1. The average Bonchev–Trinajstić information content (AvgIpc) is 3.66. The maximum atomic E-state index is 13.7. The molecule has 3 aromatic heterocycles. The first-order chi connectivity index (χ1) is 16.8. The van der Waals surface area contributed by atoms with Crippen LogP contribution in [-0.4, -0.2) is 42.2 Å². The van der Waals surface area contributed by atoms with E-state index in [0.717, 1.165) is 41.2 Å². The maximum Gasteiger partial charge on any atom is 0.329 e. The van der Waals surface area contributed by atoms with Crippen LogP contribution in [0.3, 0.4) is 0 Å². The zero-order valence-corrected chi connectivity index (χ0v) is 20.3. The van der Waals surface area contributed by atoms with Crippen LogP contribution in [0.5, 0.6) is 0 Å². The van der Waals surface area contributed by atoms with Gasteiger partial charge in [0.1, 0.15) is 0 Å². The van der Waals surface area contributed by atoms with Crippen LogP contribution in [0.2, 0.25) is 0 Å². The molecule has 0 bridgehead atoms. The van der Waals surface area contributed by atoms with E-state index < -0.39 is 11.2 Å². The van der Waals surface area contributed by atoms with Gasteiger partial charge in [0.05, 0.1) is 22.3 Å². The SMILES string of the molecule is CCn1c(=O)[nH]c(=O)c2c(C(=O)N(C)Cc3c(C)nn(-c4ccccc4)c3C)cc(C3CC3)nc21. The summed E-state index contributed by atoms with van der Waals surface area (Å²) in [6.07, 6.45) is 1.97. The molecule has 9 nitrogen and oxygen atoms in total. The van der Waals surface area contributed by atoms with E-state index in [1.807, 2.05) is 55.8 Å². The zero-order valence-electron chi connectivity index (χ0n) is 20.3. The minimum Gasteiger partial charge on any atom is -0.337 e. The summed E-state index contributed by atoms with van der Waals surface area (Å²) >= 11 is 0. The molecule has 0 spiro atoms. The average molecular weight is 473 g/mol. The second-order valence-corrected chi connectivity index (χ2v) is 9.13. The molecule has 1 aliphatic rings. The summed E-state index contributed by atoms with van der Waals surface area (Å²) in [4.78, 5) is 47.6. The number of amides is 1. The molecule has 4 aromatic rings. The predicted molar refractivity (Wildman–Crippen MR) is 133 cm³/mol. The zero-order chi connectivity index (χ0) is 24.9. The first-order valence-electron chi connectivity index (χ1n) is 11.8. The number of rotatable bonds is 6. The third-order valence-corrected chi connectivity index (χ3v) is 6.69. The lowest BCUT2D eigenvalue weighted by Gasteiger charge is -2.19. The number of nitrogens with zero attached hydrogens (tertiary/aromatic N) is 5. The normalized spacial score (nSPS) is 13.4. The predicted octanol–water partition coefficient (Wildman–Crippen LogP) is 3.06. The van der Waals surface area contributed by atoms with E-state index in [4.69, 9.17) is 0 Å². The van der Waals surface area contributed by atoms with Gasteiger partial charge < -0.3 is 4.90 Å². The van der Waals surface area contributed by atoms with Crippen LogP contribution < -0.4 is 11.2 Å². The highest BCUT2D eigenvalue weighted by molar-refractivity contribution is 6.05. The van der Waals surface area contributed by atoms with Gasteiger partial charge in [-0.3, -0.25) is 19.1 Å². The molecule has 9 heteroatoms. The van der Waals surface area contributed by atoms with Crippen molar-refractivity contribution in [3.63, 3.8) is 0 Å². The van der Waals surface area contributed by atoms with Gasteiger partial charge in [0.25, 0.3) is 11.5 Å². The number of aromatic amines is 1.